The average Bonchev–Trinajstić information content (AvgIpc) is 2.90. The molecule has 2 rings (SSSR count). The molecule has 5 nitrogen and oxygen atoms in total. The molecule has 118 valence electrons. The Bertz CT molecular complexity index is 642. The molecule has 0 unspecified atom stereocenters. The number of amides is 1. The number of carbonyl (C=O) groups is 1. The molecule has 0 saturated carbocycles. The molecular formula is C13H13F3N4OS. The first kappa shape index (κ1) is 16.3. The predicted molar refractivity (Wildman–Crippen MR) is 78.0 cm³/mol. The third kappa shape index (κ3) is 4.00. The van der Waals surface area contributed by atoms with Gasteiger partial charge >= 0.3 is 6.18 Å². The molecule has 22 heavy (non-hydrogen) atoms. The number of halogens is 3. The van der Waals surface area contributed by atoms with Crippen molar-refractivity contribution in [3.05, 3.63) is 36.4 Å². The molecule has 0 bridgehead atoms. The highest BCUT2D eigenvalue weighted by Gasteiger charge is 2.38. The van der Waals surface area contributed by atoms with Crippen LogP contribution in [0.1, 0.15) is 12.1 Å². The van der Waals surface area contributed by atoms with E-state index in [4.69, 9.17) is 0 Å². The van der Waals surface area contributed by atoms with Gasteiger partial charge in [-0.2, -0.15) is 30.0 Å². The van der Waals surface area contributed by atoms with Gasteiger partial charge in [-0.1, -0.05) is 0 Å². The molecule has 0 aliphatic carbocycles. The lowest BCUT2D eigenvalue weighted by molar-refractivity contribution is -0.140. The van der Waals surface area contributed by atoms with Crippen LogP contribution in [0, 0.1) is 0 Å². The molecule has 0 radical (unpaired) electrons. The number of anilines is 1. The van der Waals surface area contributed by atoms with Crippen molar-refractivity contribution in [2.75, 3.05) is 17.3 Å². The number of pyridine rings is 1. The standard InChI is InChI=1S/C13H13F3N4OS/c1-22-6-4-11(21)18-10-8-20(9-3-2-5-17-7-9)19-12(10)13(14,15)16/h2-3,5,7-8H,4,6H2,1H3,(H,18,21). The minimum Gasteiger partial charge on any atom is -0.323 e. The number of nitrogens with zero attached hydrogens (tertiary/aromatic N) is 3. The normalized spacial score (nSPS) is 11.5. The molecule has 2 aromatic heterocycles. The van der Waals surface area contributed by atoms with Gasteiger partial charge in [0.2, 0.25) is 5.91 Å². The van der Waals surface area contributed by atoms with Crippen LogP contribution in [0.2, 0.25) is 0 Å². The van der Waals surface area contributed by atoms with Crippen LogP contribution in [0.25, 0.3) is 5.69 Å². The molecule has 0 atom stereocenters. The highest BCUT2D eigenvalue weighted by molar-refractivity contribution is 7.98. The summed E-state index contributed by atoms with van der Waals surface area (Å²) >= 11 is 1.44. The Morgan fingerprint density at radius 3 is 2.82 bits per heavy atom. The number of aromatic nitrogens is 3. The highest BCUT2D eigenvalue weighted by Crippen LogP contribution is 2.34. The van der Waals surface area contributed by atoms with Crippen molar-refractivity contribution in [3.63, 3.8) is 0 Å². The zero-order chi connectivity index (χ0) is 16.2. The lowest BCUT2D eigenvalue weighted by Gasteiger charge is -2.07. The van der Waals surface area contributed by atoms with Crippen molar-refractivity contribution in [1.29, 1.82) is 0 Å². The van der Waals surface area contributed by atoms with Crippen LogP contribution in [0.3, 0.4) is 0 Å². The van der Waals surface area contributed by atoms with E-state index in [1.54, 1.807) is 12.1 Å². The smallest absolute Gasteiger partial charge is 0.323 e. The van der Waals surface area contributed by atoms with Gasteiger partial charge in [-0.3, -0.25) is 9.78 Å². The van der Waals surface area contributed by atoms with E-state index in [0.717, 1.165) is 10.9 Å². The van der Waals surface area contributed by atoms with E-state index in [0.29, 0.717) is 11.4 Å². The number of hydrogen-bond donors (Lipinski definition) is 1. The van der Waals surface area contributed by atoms with E-state index >= 15 is 0 Å². The van der Waals surface area contributed by atoms with Crippen LogP contribution in [0.4, 0.5) is 18.9 Å². The van der Waals surface area contributed by atoms with Gasteiger partial charge in [0.1, 0.15) is 0 Å². The molecule has 0 aromatic carbocycles. The first-order valence-electron chi connectivity index (χ1n) is 6.28. The first-order chi connectivity index (χ1) is 10.4. The molecule has 9 heteroatoms. The van der Waals surface area contributed by atoms with Crippen molar-refractivity contribution >= 4 is 23.4 Å². The monoisotopic (exact) mass is 330 g/mol. The van der Waals surface area contributed by atoms with Crippen LogP contribution >= 0.6 is 11.8 Å². The quantitative estimate of drug-likeness (QED) is 0.916. The van der Waals surface area contributed by atoms with Crippen molar-refractivity contribution in [2.24, 2.45) is 0 Å². The largest absolute Gasteiger partial charge is 0.437 e. The van der Waals surface area contributed by atoms with E-state index in [1.165, 1.54) is 24.2 Å². The zero-order valence-corrected chi connectivity index (χ0v) is 12.4. The fourth-order valence-electron chi connectivity index (χ4n) is 1.70. The number of alkyl halides is 3. The number of carbonyl (C=O) groups excluding carboxylic acids is 1. The number of rotatable bonds is 5. The summed E-state index contributed by atoms with van der Waals surface area (Å²) in [5, 5.41) is 5.78. The summed E-state index contributed by atoms with van der Waals surface area (Å²) in [5.74, 6) is 0.0507. The van der Waals surface area contributed by atoms with E-state index in [9.17, 15) is 18.0 Å². The summed E-state index contributed by atoms with van der Waals surface area (Å²) in [6.07, 6.45) is 1.31. The van der Waals surface area contributed by atoms with Crippen LogP contribution in [0.15, 0.2) is 30.7 Å². The number of hydrogen-bond acceptors (Lipinski definition) is 4. The molecule has 1 amide bonds. The summed E-state index contributed by atoms with van der Waals surface area (Å²) in [7, 11) is 0. The molecule has 0 saturated heterocycles. The maximum Gasteiger partial charge on any atom is 0.437 e. The maximum absolute atomic E-state index is 13.0. The van der Waals surface area contributed by atoms with Gasteiger partial charge < -0.3 is 5.32 Å². The summed E-state index contributed by atoms with van der Waals surface area (Å²) < 4.78 is 40.1. The fraction of sp³-hybridized carbons (Fsp3) is 0.308. The topological polar surface area (TPSA) is 59.8 Å². The second kappa shape index (κ2) is 6.82. The highest BCUT2D eigenvalue weighted by atomic mass is 32.2. The zero-order valence-electron chi connectivity index (χ0n) is 11.6. The summed E-state index contributed by atoms with van der Waals surface area (Å²) in [5.41, 5.74) is -1.12. The molecule has 2 heterocycles. The first-order valence-corrected chi connectivity index (χ1v) is 7.67. The van der Waals surface area contributed by atoms with E-state index < -0.39 is 17.8 Å². The van der Waals surface area contributed by atoms with Crippen LogP contribution in [-0.4, -0.2) is 32.7 Å². The Hall–Kier alpha value is -2.03. The van der Waals surface area contributed by atoms with Crippen molar-refractivity contribution in [2.45, 2.75) is 12.6 Å². The second-order valence-corrected chi connectivity index (χ2v) is 5.32. The van der Waals surface area contributed by atoms with Crippen molar-refractivity contribution in [1.82, 2.24) is 14.8 Å². The lowest BCUT2D eigenvalue weighted by Crippen LogP contribution is -2.16. The molecule has 0 aliphatic rings. The Balaban J connectivity index is 2.31. The molecule has 0 spiro atoms. The van der Waals surface area contributed by atoms with Gasteiger partial charge in [-0.05, 0) is 18.4 Å². The Morgan fingerprint density at radius 2 is 2.23 bits per heavy atom. The third-order valence-electron chi connectivity index (χ3n) is 2.70. The van der Waals surface area contributed by atoms with E-state index in [-0.39, 0.29) is 12.1 Å². The van der Waals surface area contributed by atoms with Crippen molar-refractivity contribution < 1.29 is 18.0 Å². The average molecular weight is 330 g/mol. The van der Waals surface area contributed by atoms with E-state index in [2.05, 4.69) is 15.4 Å². The fourth-order valence-corrected chi connectivity index (χ4v) is 2.09. The molecule has 1 N–H and O–H groups in total. The number of thioether (sulfide) groups is 1. The third-order valence-corrected chi connectivity index (χ3v) is 3.31. The second-order valence-electron chi connectivity index (χ2n) is 4.34. The van der Waals surface area contributed by atoms with Crippen LogP contribution in [-0.2, 0) is 11.0 Å². The van der Waals surface area contributed by atoms with Gasteiger partial charge in [0, 0.05) is 18.4 Å². The Morgan fingerprint density at radius 1 is 1.45 bits per heavy atom. The minimum atomic E-state index is -4.66. The Labute approximate surface area is 128 Å². The summed E-state index contributed by atoms with van der Waals surface area (Å²) in [4.78, 5) is 15.5. The maximum atomic E-state index is 13.0. The Kier molecular flexibility index (Phi) is 5.07. The number of nitrogens with one attached hydrogen (secondary N) is 1. The van der Waals surface area contributed by atoms with E-state index in [1.807, 2.05) is 6.26 Å². The summed E-state index contributed by atoms with van der Waals surface area (Å²) in [6, 6.07) is 3.15. The van der Waals surface area contributed by atoms with Gasteiger partial charge in [0.05, 0.1) is 23.8 Å². The van der Waals surface area contributed by atoms with Crippen molar-refractivity contribution in [3.8, 4) is 5.69 Å². The minimum absolute atomic E-state index is 0.135. The molecule has 2 aromatic rings. The molecular weight excluding hydrogens is 317 g/mol. The SMILES string of the molecule is CSCCC(=O)Nc1cn(-c2cccnc2)nc1C(F)(F)F. The summed E-state index contributed by atoms with van der Waals surface area (Å²) in [6.45, 7) is 0. The molecule has 0 fully saturated rings. The van der Waals surface area contributed by atoms with Crippen LogP contribution < -0.4 is 5.32 Å². The van der Waals surface area contributed by atoms with Gasteiger partial charge in [0.15, 0.2) is 5.69 Å². The lowest BCUT2D eigenvalue weighted by atomic mass is 10.3. The van der Waals surface area contributed by atoms with Gasteiger partial charge in [-0.25, -0.2) is 4.68 Å². The van der Waals surface area contributed by atoms with Gasteiger partial charge in [0.25, 0.3) is 0 Å². The van der Waals surface area contributed by atoms with Gasteiger partial charge in [-0.15, -0.1) is 0 Å². The predicted octanol–water partition coefficient (Wildman–Crippen LogP) is 2.98. The van der Waals surface area contributed by atoms with Crippen LogP contribution in [0.5, 0.6) is 0 Å². The molecule has 0 aliphatic heterocycles.